The molecule has 9 nitrogen and oxygen atoms in total. The average molecular weight is 669 g/mol. The molecule has 4 saturated carbocycles. The maximum absolute atomic E-state index is 14.0. The summed E-state index contributed by atoms with van der Waals surface area (Å²) < 4.78 is 11.6. The molecule has 7 rings (SSSR count). The monoisotopic (exact) mass is 668 g/mol. The highest BCUT2D eigenvalue weighted by atomic mass is 16.6. The molecule has 4 N–H and O–H groups in total. The number of aromatic amines is 1. The maximum atomic E-state index is 14.0. The Morgan fingerprint density at radius 1 is 0.857 bits per heavy atom. The number of esters is 1. The third kappa shape index (κ3) is 8.49. The van der Waals surface area contributed by atoms with Gasteiger partial charge in [0.25, 0.3) is 0 Å². The Hall–Kier alpha value is -4.27. The summed E-state index contributed by atoms with van der Waals surface area (Å²) in [6, 6.07) is 16.0. The van der Waals surface area contributed by atoms with Crippen molar-refractivity contribution in [2.45, 2.75) is 103 Å². The first-order valence-corrected chi connectivity index (χ1v) is 17.9. The Balaban J connectivity index is 1.10. The van der Waals surface area contributed by atoms with Gasteiger partial charge in [0.15, 0.2) is 0 Å². The minimum atomic E-state index is -1.24. The second-order valence-electron chi connectivity index (χ2n) is 15.8. The highest BCUT2D eigenvalue weighted by Crippen LogP contribution is 2.54. The van der Waals surface area contributed by atoms with E-state index in [0.717, 1.165) is 65.1 Å². The van der Waals surface area contributed by atoms with Crippen LogP contribution in [0.15, 0.2) is 66.5 Å². The second kappa shape index (κ2) is 14.3. The molecule has 262 valence electrons. The lowest BCUT2D eigenvalue weighted by molar-refractivity contribution is -0.148. The number of rotatable bonds is 12. The van der Waals surface area contributed by atoms with E-state index in [-0.39, 0.29) is 18.0 Å². The maximum Gasteiger partial charge on any atom is 0.408 e. The van der Waals surface area contributed by atoms with Crippen LogP contribution < -0.4 is 16.0 Å². The Kier molecular flexibility index (Phi) is 10.1. The van der Waals surface area contributed by atoms with Gasteiger partial charge in [0, 0.05) is 48.4 Å². The first-order chi connectivity index (χ1) is 23.3. The number of carbonyl (C=O) groups is 3. The van der Waals surface area contributed by atoms with Crippen LogP contribution in [0.2, 0.25) is 0 Å². The largest absolute Gasteiger partial charge is 0.457 e. The van der Waals surface area contributed by atoms with Crippen LogP contribution in [0.3, 0.4) is 0 Å². The molecule has 4 fully saturated rings. The summed E-state index contributed by atoms with van der Waals surface area (Å²) in [5, 5.41) is 10.5. The van der Waals surface area contributed by atoms with Crippen molar-refractivity contribution < 1.29 is 23.9 Å². The number of hydrogen-bond acceptors (Lipinski definition) is 6. The fourth-order valence-electron chi connectivity index (χ4n) is 8.56. The molecule has 1 atom stereocenters. The molecular weight excluding hydrogens is 616 g/mol. The number of para-hydroxylation sites is 1. The van der Waals surface area contributed by atoms with Gasteiger partial charge in [-0.25, -0.2) is 9.59 Å². The number of ether oxygens (including phenoxy) is 2. The lowest BCUT2D eigenvalue weighted by Gasteiger charge is -2.53. The number of aromatic nitrogens is 1. The highest BCUT2D eigenvalue weighted by Gasteiger charge is 2.50. The lowest BCUT2D eigenvalue weighted by atomic mass is 9.55. The molecule has 4 aliphatic carbocycles. The number of allylic oxidation sites excluding steroid dienone is 1. The molecule has 1 aromatic heterocycles. The Labute approximate surface area is 290 Å². The summed E-state index contributed by atoms with van der Waals surface area (Å²) in [5.74, 6) is 1.78. The fraction of sp³-hybridized carbons (Fsp3) is 0.525. The first kappa shape index (κ1) is 34.6. The molecule has 4 aliphatic rings. The zero-order valence-electron chi connectivity index (χ0n) is 29.6. The first-order valence-electron chi connectivity index (χ1n) is 17.9. The fourth-order valence-corrected chi connectivity index (χ4v) is 8.56. The molecule has 1 heterocycles. The zero-order chi connectivity index (χ0) is 34.8. The van der Waals surface area contributed by atoms with Gasteiger partial charge in [0.1, 0.15) is 17.2 Å². The highest BCUT2D eigenvalue weighted by molar-refractivity contribution is 5.91. The standard InChI is InChI=1S/C40H52N4O5/c1-25(16-35(45)49-39(2,3)4)42-23-29-11-7-6-10-28(29)14-15-41-37(46)40(5,22-32-24-43-34-13-9-8-12-33(32)34)44-38(47)48-36-30-18-26-17-27(20-30)21-31(36)19-26/h6-13,16,24,26-27,30-31,36,42-43H,14-15,17-23H2,1-5H3,(H,41,46)(H,44,47)/b25-16-. The average Bonchev–Trinajstić information content (AvgIpc) is 3.43. The van der Waals surface area contributed by atoms with Crippen molar-refractivity contribution in [2.24, 2.45) is 23.7 Å². The molecule has 0 radical (unpaired) electrons. The van der Waals surface area contributed by atoms with E-state index in [1.807, 2.05) is 82.4 Å². The quantitative estimate of drug-likeness (QED) is 0.126. The Morgan fingerprint density at radius 2 is 1.51 bits per heavy atom. The summed E-state index contributed by atoms with van der Waals surface area (Å²) in [6.07, 6.45) is 9.63. The summed E-state index contributed by atoms with van der Waals surface area (Å²) in [7, 11) is 0. The number of nitrogens with one attached hydrogen (secondary N) is 4. The second-order valence-corrected chi connectivity index (χ2v) is 15.8. The SMILES string of the molecule is C/C(=C/C(=O)OC(C)(C)C)NCc1ccccc1CCNC(=O)C(C)(Cc1c[nH]c2ccccc12)NC(=O)OC1C2CC3CC(C2)CC1C3. The molecule has 1 unspecified atom stereocenters. The molecule has 0 saturated heterocycles. The third-order valence-corrected chi connectivity index (χ3v) is 10.6. The van der Waals surface area contributed by atoms with Crippen molar-refractivity contribution in [1.29, 1.82) is 0 Å². The molecule has 4 bridgehead atoms. The number of benzene rings is 2. The van der Waals surface area contributed by atoms with Crippen molar-refractivity contribution in [3.8, 4) is 0 Å². The minimum Gasteiger partial charge on any atom is -0.457 e. The Morgan fingerprint density at radius 3 is 2.20 bits per heavy atom. The lowest BCUT2D eigenvalue weighted by Crippen LogP contribution is -2.60. The number of alkyl carbamates (subject to hydrolysis) is 1. The third-order valence-electron chi connectivity index (χ3n) is 10.6. The van der Waals surface area contributed by atoms with E-state index >= 15 is 0 Å². The van der Waals surface area contributed by atoms with Gasteiger partial charge in [-0.2, -0.15) is 0 Å². The number of carbonyl (C=O) groups excluding carboxylic acids is 3. The summed E-state index contributed by atoms with van der Waals surface area (Å²) >= 11 is 0. The Bertz CT molecular complexity index is 1680. The summed E-state index contributed by atoms with van der Waals surface area (Å²) in [4.78, 5) is 43.1. The van der Waals surface area contributed by atoms with E-state index in [2.05, 4.69) is 20.9 Å². The molecule has 2 amide bonds. The molecular formula is C40H52N4O5. The van der Waals surface area contributed by atoms with Crippen LogP contribution in [0.4, 0.5) is 4.79 Å². The topological polar surface area (TPSA) is 122 Å². The van der Waals surface area contributed by atoms with Crippen molar-refractivity contribution in [1.82, 2.24) is 20.9 Å². The van der Waals surface area contributed by atoms with Gasteiger partial charge in [-0.15, -0.1) is 0 Å². The molecule has 49 heavy (non-hydrogen) atoms. The van der Waals surface area contributed by atoms with Crippen LogP contribution in [0, 0.1) is 23.7 Å². The van der Waals surface area contributed by atoms with E-state index in [1.54, 1.807) is 6.92 Å². The normalized spacial score (nSPS) is 24.3. The number of fused-ring (bicyclic) bond motifs is 1. The van der Waals surface area contributed by atoms with Gasteiger partial charge in [-0.3, -0.25) is 4.79 Å². The van der Waals surface area contributed by atoms with Crippen molar-refractivity contribution in [3.63, 3.8) is 0 Å². The van der Waals surface area contributed by atoms with Gasteiger partial charge < -0.3 is 30.4 Å². The molecule has 0 aliphatic heterocycles. The molecule has 0 spiro atoms. The van der Waals surface area contributed by atoms with E-state index < -0.39 is 17.2 Å². The summed E-state index contributed by atoms with van der Waals surface area (Å²) in [5.41, 5.74) is 2.99. The van der Waals surface area contributed by atoms with Gasteiger partial charge in [-0.1, -0.05) is 42.5 Å². The van der Waals surface area contributed by atoms with Gasteiger partial charge >= 0.3 is 12.1 Å². The van der Waals surface area contributed by atoms with Crippen LogP contribution in [0.25, 0.3) is 10.9 Å². The van der Waals surface area contributed by atoms with Crippen LogP contribution in [-0.4, -0.2) is 46.7 Å². The van der Waals surface area contributed by atoms with Crippen LogP contribution in [0.1, 0.15) is 83.4 Å². The zero-order valence-corrected chi connectivity index (χ0v) is 29.6. The predicted molar refractivity (Wildman–Crippen MR) is 190 cm³/mol. The van der Waals surface area contributed by atoms with Crippen LogP contribution in [0.5, 0.6) is 0 Å². The number of amides is 2. The van der Waals surface area contributed by atoms with Crippen molar-refractivity contribution >= 4 is 28.9 Å². The predicted octanol–water partition coefficient (Wildman–Crippen LogP) is 6.71. The van der Waals surface area contributed by atoms with Gasteiger partial charge in [0.05, 0.1) is 0 Å². The van der Waals surface area contributed by atoms with E-state index in [0.29, 0.717) is 43.5 Å². The number of hydrogen-bond donors (Lipinski definition) is 4. The molecule has 2 aromatic carbocycles. The van der Waals surface area contributed by atoms with E-state index in [1.165, 1.54) is 12.5 Å². The molecule has 3 aromatic rings. The van der Waals surface area contributed by atoms with Crippen molar-refractivity contribution in [2.75, 3.05) is 6.54 Å². The minimum absolute atomic E-state index is 0.0686. The summed E-state index contributed by atoms with van der Waals surface area (Å²) in [6.45, 7) is 10.1. The number of H-pyrrole nitrogens is 1. The van der Waals surface area contributed by atoms with Crippen LogP contribution >= 0.6 is 0 Å². The smallest absolute Gasteiger partial charge is 0.408 e. The van der Waals surface area contributed by atoms with Crippen molar-refractivity contribution in [3.05, 3.63) is 83.2 Å². The van der Waals surface area contributed by atoms with E-state index in [4.69, 9.17) is 9.47 Å². The van der Waals surface area contributed by atoms with Gasteiger partial charge in [0.2, 0.25) is 5.91 Å². The van der Waals surface area contributed by atoms with E-state index in [9.17, 15) is 14.4 Å². The van der Waals surface area contributed by atoms with Gasteiger partial charge in [-0.05, 0) is 120 Å². The molecule has 9 heteroatoms. The van der Waals surface area contributed by atoms with Crippen LogP contribution in [-0.2, 0) is 38.4 Å².